The second-order valence-electron chi connectivity index (χ2n) is 4.99. The fraction of sp³-hybridized carbons (Fsp3) is 0.615. The number of amides is 2. The van der Waals surface area contributed by atoms with Gasteiger partial charge in [-0.15, -0.1) is 11.3 Å². The zero-order valence-corrected chi connectivity index (χ0v) is 14.0. The van der Waals surface area contributed by atoms with Crippen LogP contribution < -0.4 is 5.32 Å². The van der Waals surface area contributed by atoms with Crippen LogP contribution in [-0.4, -0.2) is 56.4 Å². The van der Waals surface area contributed by atoms with Gasteiger partial charge in [-0.25, -0.2) is 13.2 Å². The molecule has 1 aliphatic heterocycles. The van der Waals surface area contributed by atoms with Crippen molar-refractivity contribution >= 4 is 27.4 Å². The van der Waals surface area contributed by atoms with Crippen molar-refractivity contribution in [3.05, 3.63) is 17.0 Å². The summed E-state index contributed by atoms with van der Waals surface area (Å²) in [4.78, 5) is 14.5. The summed E-state index contributed by atoms with van der Waals surface area (Å²) in [6.45, 7) is 6.08. The van der Waals surface area contributed by atoms with Gasteiger partial charge in [0.25, 0.3) is 10.0 Å². The van der Waals surface area contributed by atoms with Gasteiger partial charge in [-0.05, 0) is 25.5 Å². The Kier molecular flexibility index (Phi) is 5.23. The number of hydrogen-bond donors (Lipinski definition) is 1. The molecule has 0 aromatic carbocycles. The summed E-state index contributed by atoms with van der Waals surface area (Å²) in [6.07, 6.45) is 0.887. The molecular formula is C13H21N3O3S2. The van der Waals surface area contributed by atoms with E-state index >= 15 is 0 Å². The Morgan fingerprint density at radius 2 is 1.95 bits per heavy atom. The molecule has 1 aromatic heterocycles. The van der Waals surface area contributed by atoms with Crippen molar-refractivity contribution in [3.8, 4) is 0 Å². The second-order valence-corrected chi connectivity index (χ2v) is 8.44. The molecule has 0 unspecified atom stereocenters. The van der Waals surface area contributed by atoms with Crippen LogP contribution in [-0.2, 0) is 10.0 Å². The van der Waals surface area contributed by atoms with E-state index in [4.69, 9.17) is 0 Å². The molecule has 1 saturated heterocycles. The smallest absolute Gasteiger partial charge is 0.317 e. The standard InChI is InChI=1S/C13H21N3O3S2/c1-3-6-14-13(17)15-7-9-16(10-8-15)21(18,19)12-5-4-11(2)20-12/h4-5H,3,6-10H2,1-2H3,(H,14,17). The lowest BCUT2D eigenvalue weighted by atomic mass is 10.4. The van der Waals surface area contributed by atoms with Gasteiger partial charge in [0.05, 0.1) is 0 Å². The first-order valence-corrected chi connectivity index (χ1v) is 9.30. The van der Waals surface area contributed by atoms with Crippen molar-refractivity contribution in [2.24, 2.45) is 0 Å². The van der Waals surface area contributed by atoms with Crippen LogP contribution in [0, 0.1) is 6.92 Å². The van der Waals surface area contributed by atoms with Crippen LogP contribution in [0.3, 0.4) is 0 Å². The highest BCUT2D eigenvalue weighted by atomic mass is 32.2. The molecule has 0 radical (unpaired) electrons. The number of carbonyl (C=O) groups excluding carboxylic acids is 1. The van der Waals surface area contributed by atoms with Crippen LogP contribution >= 0.6 is 11.3 Å². The topological polar surface area (TPSA) is 69.7 Å². The average Bonchev–Trinajstić information content (AvgIpc) is 2.92. The highest BCUT2D eigenvalue weighted by Gasteiger charge is 2.30. The van der Waals surface area contributed by atoms with Gasteiger partial charge in [0.15, 0.2) is 0 Å². The number of thiophene rings is 1. The van der Waals surface area contributed by atoms with Gasteiger partial charge in [0.1, 0.15) is 4.21 Å². The molecule has 0 aliphatic carbocycles. The zero-order valence-electron chi connectivity index (χ0n) is 12.3. The quantitative estimate of drug-likeness (QED) is 0.908. The number of hydrogen-bond acceptors (Lipinski definition) is 4. The molecular weight excluding hydrogens is 310 g/mol. The Morgan fingerprint density at radius 3 is 2.48 bits per heavy atom. The molecule has 1 fully saturated rings. The van der Waals surface area contributed by atoms with Crippen molar-refractivity contribution in [1.82, 2.24) is 14.5 Å². The van der Waals surface area contributed by atoms with Crippen LogP contribution in [0.15, 0.2) is 16.3 Å². The molecule has 0 spiro atoms. The molecule has 21 heavy (non-hydrogen) atoms. The molecule has 0 saturated carbocycles. The van der Waals surface area contributed by atoms with Crippen LogP contribution in [0.4, 0.5) is 4.79 Å². The zero-order chi connectivity index (χ0) is 15.5. The van der Waals surface area contributed by atoms with Crippen molar-refractivity contribution in [3.63, 3.8) is 0 Å². The first kappa shape index (κ1) is 16.3. The summed E-state index contributed by atoms with van der Waals surface area (Å²) in [6, 6.07) is 3.35. The van der Waals surface area contributed by atoms with E-state index in [0.717, 1.165) is 11.3 Å². The number of rotatable bonds is 4. The first-order chi connectivity index (χ1) is 9.95. The van der Waals surface area contributed by atoms with Crippen LogP contribution in [0.5, 0.6) is 0 Å². The molecule has 2 rings (SSSR count). The minimum absolute atomic E-state index is 0.110. The number of nitrogens with one attached hydrogen (secondary N) is 1. The Morgan fingerprint density at radius 1 is 1.29 bits per heavy atom. The SMILES string of the molecule is CCCNC(=O)N1CCN(S(=O)(=O)c2ccc(C)s2)CC1. The minimum atomic E-state index is -3.41. The summed E-state index contributed by atoms with van der Waals surface area (Å²) >= 11 is 1.28. The number of piperazine rings is 1. The summed E-state index contributed by atoms with van der Waals surface area (Å²) in [5.41, 5.74) is 0. The fourth-order valence-corrected chi connectivity index (χ4v) is 5.01. The van der Waals surface area contributed by atoms with Crippen molar-refractivity contribution in [1.29, 1.82) is 0 Å². The molecule has 0 bridgehead atoms. The third kappa shape index (κ3) is 3.75. The van der Waals surface area contributed by atoms with Gasteiger partial charge < -0.3 is 10.2 Å². The predicted molar refractivity (Wildman–Crippen MR) is 83.1 cm³/mol. The Labute approximate surface area is 129 Å². The number of nitrogens with zero attached hydrogens (tertiary/aromatic N) is 2. The lowest BCUT2D eigenvalue weighted by Crippen LogP contribution is -2.53. The maximum Gasteiger partial charge on any atom is 0.317 e. The molecule has 1 aliphatic rings. The number of sulfonamides is 1. The Hall–Kier alpha value is -1.12. The first-order valence-electron chi connectivity index (χ1n) is 7.04. The van der Waals surface area contributed by atoms with E-state index in [1.807, 2.05) is 19.9 Å². The third-order valence-corrected chi connectivity index (χ3v) is 6.73. The van der Waals surface area contributed by atoms with Gasteiger partial charge in [-0.3, -0.25) is 0 Å². The van der Waals surface area contributed by atoms with Gasteiger partial charge in [0, 0.05) is 37.6 Å². The highest BCUT2D eigenvalue weighted by Crippen LogP contribution is 2.25. The Balaban J connectivity index is 1.96. The monoisotopic (exact) mass is 331 g/mol. The summed E-state index contributed by atoms with van der Waals surface area (Å²) in [5.74, 6) is 0. The van der Waals surface area contributed by atoms with Gasteiger partial charge in [-0.1, -0.05) is 6.92 Å². The number of aryl methyl sites for hydroxylation is 1. The summed E-state index contributed by atoms with van der Waals surface area (Å²) in [7, 11) is -3.41. The summed E-state index contributed by atoms with van der Waals surface area (Å²) < 4.78 is 26.8. The normalized spacial score (nSPS) is 17.0. The van der Waals surface area contributed by atoms with Gasteiger partial charge in [0.2, 0.25) is 0 Å². The van der Waals surface area contributed by atoms with Crippen molar-refractivity contribution < 1.29 is 13.2 Å². The highest BCUT2D eigenvalue weighted by molar-refractivity contribution is 7.91. The maximum absolute atomic E-state index is 12.5. The minimum Gasteiger partial charge on any atom is -0.338 e. The predicted octanol–water partition coefficient (Wildman–Crippen LogP) is 1.48. The molecule has 1 N–H and O–H groups in total. The van der Waals surface area contributed by atoms with Crippen LogP contribution in [0.1, 0.15) is 18.2 Å². The molecule has 8 heteroatoms. The van der Waals surface area contributed by atoms with Crippen LogP contribution in [0.2, 0.25) is 0 Å². The lowest BCUT2D eigenvalue weighted by molar-refractivity contribution is 0.172. The van der Waals surface area contributed by atoms with Crippen molar-refractivity contribution in [2.75, 3.05) is 32.7 Å². The largest absolute Gasteiger partial charge is 0.338 e. The number of urea groups is 1. The van der Waals surface area contributed by atoms with E-state index in [2.05, 4.69) is 5.32 Å². The van der Waals surface area contributed by atoms with Gasteiger partial charge >= 0.3 is 6.03 Å². The van der Waals surface area contributed by atoms with E-state index in [1.54, 1.807) is 11.0 Å². The molecule has 0 atom stereocenters. The average molecular weight is 331 g/mol. The third-order valence-electron chi connectivity index (χ3n) is 3.36. The van der Waals surface area contributed by atoms with Crippen LogP contribution in [0.25, 0.3) is 0 Å². The Bertz CT molecular complexity index is 590. The summed E-state index contributed by atoms with van der Waals surface area (Å²) in [5, 5.41) is 2.81. The van der Waals surface area contributed by atoms with E-state index in [0.29, 0.717) is 36.9 Å². The molecule has 2 heterocycles. The van der Waals surface area contributed by atoms with E-state index in [-0.39, 0.29) is 6.03 Å². The molecule has 118 valence electrons. The molecule has 6 nitrogen and oxygen atoms in total. The van der Waals surface area contributed by atoms with E-state index in [9.17, 15) is 13.2 Å². The lowest BCUT2D eigenvalue weighted by Gasteiger charge is -2.33. The fourth-order valence-electron chi connectivity index (χ4n) is 2.15. The van der Waals surface area contributed by atoms with Crippen molar-refractivity contribution in [2.45, 2.75) is 24.5 Å². The second kappa shape index (κ2) is 6.76. The maximum atomic E-state index is 12.5. The van der Waals surface area contributed by atoms with E-state index < -0.39 is 10.0 Å². The molecule has 2 amide bonds. The number of carbonyl (C=O) groups is 1. The van der Waals surface area contributed by atoms with Gasteiger partial charge in [-0.2, -0.15) is 4.31 Å². The van der Waals surface area contributed by atoms with E-state index in [1.165, 1.54) is 15.6 Å². The molecule has 1 aromatic rings.